The standard InChI is InChI=1S/C17H19NO4/c1-10-13-8-12(6-7-14(13)18-16(10)20)15(19)9-22-17(21)11-4-2-3-5-11/h6-8,10-11H,2-5,9H2,1H3,(H,18,20)/t10-/m1/s1. The fourth-order valence-corrected chi connectivity index (χ4v) is 3.09. The van der Waals surface area contributed by atoms with Crippen molar-refractivity contribution in [2.45, 2.75) is 38.5 Å². The zero-order valence-electron chi connectivity index (χ0n) is 12.6. The van der Waals surface area contributed by atoms with Crippen LogP contribution >= 0.6 is 0 Å². The highest BCUT2D eigenvalue weighted by Crippen LogP contribution is 2.32. The van der Waals surface area contributed by atoms with Crippen molar-refractivity contribution in [2.75, 3.05) is 11.9 Å². The molecule has 0 spiro atoms. The van der Waals surface area contributed by atoms with Gasteiger partial charge in [0.25, 0.3) is 0 Å². The van der Waals surface area contributed by atoms with Crippen LogP contribution in [0, 0.1) is 5.92 Å². The van der Waals surface area contributed by atoms with Crippen LogP contribution in [-0.2, 0) is 14.3 Å². The summed E-state index contributed by atoms with van der Waals surface area (Å²) in [6.45, 7) is 1.57. The van der Waals surface area contributed by atoms with Gasteiger partial charge >= 0.3 is 5.97 Å². The molecule has 5 heteroatoms. The molecule has 1 N–H and O–H groups in total. The Hall–Kier alpha value is -2.17. The van der Waals surface area contributed by atoms with E-state index in [9.17, 15) is 14.4 Å². The second kappa shape index (κ2) is 5.91. The summed E-state index contributed by atoms with van der Waals surface area (Å²) >= 11 is 0. The lowest BCUT2D eigenvalue weighted by atomic mass is 9.99. The fraction of sp³-hybridized carbons (Fsp3) is 0.471. The fourth-order valence-electron chi connectivity index (χ4n) is 3.09. The van der Waals surface area contributed by atoms with Gasteiger partial charge in [0.05, 0.1) is 11.8 Å². The summed E-state index contributed by atoms with van der Waals surface area (Å²) in [7, 11) is 0. The Kier molecular flexibility index (Phi) is 3.96. The highest BCUT2D eigenvalue weighted by molar-refractivity contribution is 6.05. The van der Waals surface area contributed by atoms with E-state index in [2.05, 4.69) is 5.32 Å². The first-order chi connectivity index (χ1) is 10.6. The summed E-state index contributed by atoms with van der Waals surface area (Å²) in [5.41, 5.74) is 2.04. The van der Waals surface area contributed by atoms with Gasteiger partial charge in [0.15, 0.2) is 12.4 Å². The SMILES string of the molecule is C[C@H]1C(=O)Nc2ccc(C(=O)COC(=O)C3CCCC3)cc21. The molecule has 0 bridgehead atoms. The molecule has 0 aromatic heterocycles. The van der Waals surface area contributed by atoms with Crippen molar-refractivity contribution in [3.63, 3.8) is 0 Å². The minimum Gasteiger partial charge on any atom is -0.457 e. The molecule has 0 unspecified atom stereocenters. The highest BCUT2D eigenvalue weighted by atomic mass is 16.5. The molecule has 1 aliphatic heterocycles. The van der Waals surface area contributed by atoms with Crippen LogP contribution in [0.3, 0.4) is 0 Å². The van der Waals surface area contributed by atoms with E-state index >= 15 is 0 Å². The molecule has 0 radical (unpaired) electrons. The molecule has 1 fully saturated rings. The van der Waals surface area contributed by atoms with Crippen molar-refractivity contribution < 1.29 is 19.1 Å². The van der Waals surface area contributed by atoms with Gasteiger partial charge in [0.2, 0.25) is 5.91 Å². The van der Waals surface area contributed by atoms with E-state index in [1.165, 1.54) is 0 Å². The van der Waals surface area contributed by atoms with E-state index in [4.69, 9.17) is 4.74 Å². The van der Waals surface area contributed by atoms with Gasteiger partial charge in [0, 0.05) is 11.3 Å². The van der Waals surface area contributed by atoms with Crippen molar-refractivity contribution >= 4 is 23.3 Å². The van der Waals surface area contributed by atoms with Gasteiger partial charge in [-0.25, -0.2) is 0 Å². The second-order valence-electron chi connectivity index (χ2n) is 6.03. The van der Waals surface area contributed by atoms with Crippen molar-refractivity contribution in [1.29, 1.82) is 0 Å². The zero-order chi connectivity index (χ0) is 15.7. The minimum atomic E-state index is -0.266. The van der Waals surface area contributed by atoms with E-state index in [-0.39, 0.29) is 36.1 Å². The molecule has 22 heavy (non-hydrogen) atoms. The van der Waals surface area contributed by atoms with Crippen molar-refractivity contribution in [1.82, 2.24) is 0 Å². The molecular weight excluding hydrogens is 282 g/mol. The number of anilines is 1. The summed E-state index contributed by atoms with van der Waals surface area (Å²) < 4.78 is 5.14. The van der Waals surface area contributed by atoms with Gasteiger partial charge < -0.3 is 10.1 Å². The van der Waals surface area contributed by atoms with Crippen LogP contribution in [0.4, 0.5) is 5.69 Å². The Balaban J connectivity index is 1.63. The molecule has 1 atom stereocenters. The first-order valence-electron chi connectivity index (χ1n) is 7.71. The quantitative estimate of drug-likeness (QED) is 0.685. The number of hydrogen-bond acceptors (Lipinski definition) is 4. The number of carbonyl (C=O) groups excluding carboxylic acids is 3. The summed E-state index contributed by atoms with van der Waals surface area (Å²) in [6, 6.07) is 5.09. The lowest BCUT2D eigenvalue weighted by molar-refractivity contribution is -0.147. The highest BCUT2D eigenvalue weighted by Gasteiger charge is 2.28. The number of benzene rings is 1. The summed E-state index contributed by atoms with van der Waals surface area (Å²) in [5.74, 6) is -0.872. The van der Waals surface area contributed by atoms with E-state index in [1.807, 2.05) is 0 Å². The smallest absolute Gasteiger partial charge is 0.309 e. The third-order valence-electron chi connectivity index (χ3n) is 4.53. The topological polar surface area (TPSA) is 72.5 Å². The van der Waals surface area contributed by atoms with Gasteiger partial charge in [-0.2, -0.15) is 0 Å². The Morgan fingerprint density at radius 2 is 2.00 bits per heavy atom. The first kappa shape index (κ1) is 14.8. The maximum absolute atomic E-state index is 12.2. The maximum atomic E-state index is 12.2. The lowest BCUT2D eigenvalue weighted by Crippen LogP contribution is -2.19. The molecule has 0 saturated heterocycles. The van der Waals surface area contributed by atoms with Crippen molar-refractivity contribution in [3.8, 4) is 0 Å². The molecule has 116 valence electrons. The second-order valence-corrected chi connectivity index (χ2v) is 6.03. The number of Topliss-reactive ketones (excluding diaryl/α,β-unsaturated/α-hetero) is 1. The molecule has 3 rings (SSSR count). The van der Waals surface area contributed by atoms with Crippen LogP contribution in [0.25, 0.3) is 0 Å². The molecular formula is C17H19NO4. The maximum Gasteiger partial charge on any atom is 0.309 e. The molecule has 1 aromatic rings. The van der Waals surface area contributed by atoms with Crippen LogP contribution < -0.4 is 5.32 Å². The Morgan fingerprint density at radius 3 is 2.73 bits per heavy atom. The first-order valence-corrected chi connectivity index (χ1v) is 7.71. The Morgan fingerprint density at radius 1 is 1.27 bits per heavy atom. The number of carbonyl (C=O) groups is 3. The van der Waals surface area contributed by atoms with Gasteiger partial charge in [-0.3, -0.25) is 14.4 Å². The van der Waals surface area contributed by atoms with Gasteiger partial charge in [-0.15, -0.1) is 0 Å². The van der Waals surface area contributed by atoms with Crippen molar-refractivity contribution in [3.05, 3.63) is 29.3 Å². The van der Waals surface area contributed by atoms with Crippen LogP contribution in [0.2, 0.25) is 0 Å². The van der Waals surface area contributed by atoms with Gasteiger partial charge in [0.1, 0.15) is 0 Å². The number of amides is 1. The predicted octanol–water partition coefficient (Wildman–Crippen LogP) is 2.66. The van der Waals surface area contributed by atoms with E-state index in [0.29, 0.717) is 5.56 Å². The Labute approximate surface area is 129 Å². The monoisotopic (exact) mass is 301 g/mol. The molecule has 1 amide bonds. The summed E-state index contributed by atoms with van der Waals surface area (Å²) in [4.78, 5) is 35.6. The van der Waals surface area contributed by atoms with E-state index in [0.717, 1.165) is 36.9 Å². The van der Waals surface area contributed by atoms with E-state index < -0.39 is 0 Å². The number of hydrogen-bond donors (Lipinski definition) is 1. The zero-order valence-corrected chi connectivity index (χ0v) is 12.6. The predicted molar refractivity (Wildman–Crippen MR) is 80.7 cm³/mol. The third kappa shape index (κ3) is 2.75. The van der Waals surface area contributed by atoms with Crippen molar-refractivity contribution in [2.24, 2.45) is 5.92 Å². The Bertz CT molecular complexity index is 632. The normalized spacial score (nSPS) is 20.6. The van der Waals surface area contributed by atoms with Crippen LogP contribution in [-0.4, -0.2) is 24.3 Å². The number of ether oxygens (including phenoxy) is 1. The average molecular weight is 301 g/mol. The van der Waals surface area contributed by atoms with Crippen LogP contribution in [0.5, 0.6) is 0 Å². The number of esters is 1. The largest absolute Gasteiger partial charge is 0.457 e. The molecule has 1 aliphatic carbocycles. The number of fused-ring (bicyclic) bond motifs is 1. The lowest BCUT2D eigenvalue weighted by Gasteiger charge is -2.10. The van der Waals surface area contributed by atoms with Gasteiger partial charge in [-0.1, -0.05) is 12.8 Å². The van der Waals surface area contributed by atoms with Crippen LogP contribution in [0.1, 0.15) is 54.4 Å². The van der Waals surface area contributed by atoms with Crippen LogP contribution in [0.15, 0.2) is 18.2 Å². The molecule has 1 saturated carbocycles. The number of nitrogens with one attached hydrogen (secondary N) is 1. The number of rotatable bonds is 4. The number of ketones is 1. The molecule has 1 heterocycles. The minimum absolute atomic E-state index is 0.0466. The summed E-state index contributed by atoms with van der Waals surface area (Å²) in [5, 5.41) is 2.76. The summed E-state index contributed by atoms with van der Waals surface area (Å²) in [6.07, 6.45) is 3.82. The average Bonchev–Trinajstić information content (AvgIpc) is 3.14. The van der Waals surface area contributed by atoms with Gasteiger partial charge in [-0.05, 0) is 43.5 Å². The third-order valence-corrected chi connectivity index (χ3v) is 4.53. The molecule has 1 aromatic carbocycles. The van der Waals surface area contributed by atoms with E-state index in [1.54, 1.807) is 25.1 Å². The molecule has 2 aliphatic rings. The molecule has 5 nitrogen and oxygen atoms in total.